The maximum atomic E-state index is 12.7. The Labute approximate surface area is 150 Å². The standard InChI is InChI=1S/C20H21F3N2O/c1-25(13-14-7-9-16(10-8-14)20(21,22)23)18(15-5-3-2-4-6-15)19(26)24-17-11-12-17/h2-10,17-18H,11-13H2,1H3,(H,24,26)/p+1/t18-/m0/s1. The summed E-state index contributed by atoms with van der Waals surface area (Å²) < 4.78 is 38.1. The largest absolute Gasteiger partial charge is 0.416 e. The Bertz CT molecular complexity index is 740. The van der Waals surface area contributed by atoms with Crippen molar-refractivity contribution in [1.82, 2.24) is 5.32 Å². The van der Waals surface area contributed by atoms with Gasteiger partial charge in [-0.05, 0) is 25.0 Å². The zero-order valence-electron chi connectivity index (χ0n) is 14.5. The monoisotopic (exact) mass is 363 g/mol. The number of carbonyl (C=O) groups is 1. The number of hydrogen-bond donors (Lipinski definition) is 2. The van der Waals surface area contributed by atoms with Crippen LogP contribution in [0.15, 0.2) is 54.6 Å². The van der Waals surface area contributed by atoms with E-state index in [-0.39, 0.29) is 11.9 Å². The van der Waals surface area contributed by atoms with E-state index in [2.05, 4.69) is 5.32 Å². The van der Waals surface area contributed by atoms with Crippen molar-refractivity contribution >= 4 is 5.91 Å². The van der Waals surface area contributed by atoms with Crippen molar-refractivity contribution in [2.24, 2.45) is 0 Å². The third-order valence-corrected chi connectivity index (χ3v) is 4.58. The van der Waals surface area contributed by atoms with Gasteiger partial charge in [0, 0.05) is 17.2 Å². The van der Waals surface area contributed by atoms with Gasteiger partial charge in [0.25, 0.3) is 5.91 Å². The molecule has 0 saturated heterocycles. The molecule has 1 saturated carbocycles. The van der Waals surface area contributed by atoms with E-state index in [9.17, 15) is 18.0 Å². The Kier molecular flexibility index (Phi) is 5.32. The van der Waals surface area contributed by atoms with Crippen molar-refractivity contribution in [3.8, 4) is 0 Å². The first kappa shape index (κ1) is 18.5. The van der Waals surface area contributed by atoms with Gasteiger partial charge in [0.1, 0.15) is 6.54 Å². The molecule has 0 heterocycles. The molecule has 2 atom stereocenters. The molecule has 1 amide bonds. The summed E-state index contributed by atoms with van der Waals surface area (Å²) in [7, 11) is 1.89. The average Bonchev–Trinajstić information content (AvgIpc) is 3.39. The molecule has 1 aliphatic carbocycles. The van der Waals surface area contributed by atoms with Crippen LogP contribution in [0, 0.1) is 0 Å². The van der Waals surface area contributed by atoms with E-state index in [1.165, 1.54) is 12.1 Å². The molecule has 0 bridgehead atoms. The number of nitrogens with one attached hydrogen (secondary N) is 2. The lowest BCUT2D eigenvalue weighted by molar-refractivity contribution is -0.916. The second-order valence-electron chi connectivity index (χ2n) is 6.84. The van der Waals surface area contributed by atoms with Crippen molar-refractivity contribution in [1.29, 1.82) is 0 Å². The molecular formula is C20H22F3N2O+. The van der Waals surface area contributed by atoms with Crippen molar-refractivity contribution in [3.05, 3.63) is 71.3 Å². The molecule has 3 rings (SSSR count). The fourth-order valence-corrected chi connectivity index (χ4v) is 3.05. The minimum Gasteiger partial charge on any atom is -0.348 e. The highest BCUT2D eigenvalue weighted by Crippen LogP contribution is 2.29. The van der Waals surface area contributed by atoms with Crippen LogP contribution < -0.4 is 10.2 Å². The summed E-state index contributed by atoms with van der Waals surface area (Å²) in [6.07, 6.45) is -2.33. The molecule has 0 radical (unpaired) electrons. The predicted molar refractivity (Wildman–Crippen MR) is 92.4 cm³/mol. The maximum absolute atomic E-state index is 12.7. The Morgan fingerprint density at radius 2 is 1.73 bits per heavy atom. The lowest BCUT2D eigenvalue weighted by Crippen LogP contribution is -3.09. The van der Waals surface area contributed by atoms with E-state index in [1.807, 2.05) is 37.4 Å². The van der Waals surface area contributed by atoms with Crippen LogP contribution in [0.2, 0.25) is 0 Å². The van der Waals surface area contributed by atoms with Gasteiger partial charge >= 0.3 is 6.18 Å². The molecular weight excluding hydrogens is 341 g/mol. The van der Waals surface area contributed by atoms with Gasteiger partial charge in [-0.15, -0.1) is 0 Å². The fourth-order valence-electron chi connectivity index (χ4n) is 3.05. The van der Waals surface area contributed by atoms with Gasteiger partial charge in [-0.3, -0.25) is 4.79 Å². The van der Waals surface area contributed by atoms with Crippen LogP contribution >= 0.6 is 0 Å². The van der Waals surface area contributed by atoms with Gasteiger partial charge in [0.05, 0.1) is 12.6 Å². The molecule has 6 heteroatoms. The van der Waals surface area contributed by atoms with Crippen molar-refractivity contribution in [3.63, 3.8) is 0 Å². The number of halogens is 3. The Morgan fingerprint density at radius 3 is 2.27 bits per heavy atom. The van der Waals surface area contributed by atoms with Crippen LogP contribution in [0.25, 0.3) is 0 Å². The minimum absolute atomic E-state index is 0.0388. The molecule has 1 fully saturated rings. The third-order valence-electron chi connectivity index (χ3n) is 4.58. The van der Waals surface area contributed by atoms with E-state index >= 15 is 0 Å². The van der Waals surface area contributed by atoms with Gasteiger partial charge in [-0.25, -0.2) is 0 Å². The number of likely N-dealkylation sites (N-methyl/N-ethyl adjacent to an activating group) is 1. The predicted octanol–water partition coefficient (Wildman–Crippen LogP) is 2.74. The van der Waals surface area contributed by atoms with E-state index in [0.29, 0.717) is 6.54 Å². The molecule has 26 heavy (non-hydrogen) atoms. The first-order valence-corrected chi connectivity index (χ1v) is 8.68. The molecule has 0 aliphatic heterocycles. The highest BCUT2D eigenvalue weighted by molar-refractivity contribution is 5.82. The lowest BCUT2D eigenvalue weighted by Gasteiger charge is -2.25. The maximum Gasteiger partial charge on any atom is 0.416 e. The Hall–Kier alpha value is -2.34. The first-order valence-electron chi connectivity index (χ1n) is 8.68. The Balaban J connectivity index is 1.76. The number of alkyl halides is 3. The smallest absolute Gasteiger partial charge is 0.348 e. The summed E-state index contributed by atoms with van der Waals surface area (Å²) in [6.45, 7) is 0.454. The lowest BCUT2D eigenvalue weighted by atomic mass is 10.0. The average molecular weight is 363 g/mol. The van der Waals surface area contributed by atoms with E-state index in [4.69, 9.17) is 0 Å². The molecule has 2 N–H and O–H groups in total. The summed E-state index contributed by atoms with van der Waals surface area (Å²) in [4.78, 5) is 13.6. The van der Waals surface area contributed by atoms with E-state index < -0.39 is 17.8 Å². The summed E-state index contributed by atoms with van der Waals surface area (Å²) >= 11 is 0. The van der Waals surface area contributed by atoms with Crippen molar-refractivity contribution < 1.29 is 22.9 Å². The molecule has 0 aromatic heterocycles. The topological polar surface area (TPSA) is 33.5 Å². The van der Waals surface area contributed by atoms with Crippen LogP contribution in [-0.2, 0) is 17.5 Å². The SMILES string of the molecule is C[NH+](Cc1ccc(C(F)(F)F)cc1)[C@H](C(=O)NC1CC1)c1ccccc1. The third kappa shape index (κ3) is 4.64. The second kappa shape index (κ2) is 7.50. The fraction of sp³-hybridized carbons (Fsp3) is 0.350. The van der Waals surface area contributed by atoms with Gasteiger partial charge in [-0.2, -0.15) is 13.2 Å². The van der Waals surface area contributed by atoms with Gasteiger partial charge in [0.15, 0.2) is 6.04 Å². The van der Waals surface area contributed by atoms with Crippen LogP contribution in [-0.4, -0.2) is 19.0 Å². The number of amides is 1. The van der Waals surface area contributed by atoms with Crippen LogP contribution in [0.1, 0.15) is 35.6 Å². The summed E-state index contributed by atoms with van der Waals surface area (Å²) in [5.41, 5.74) is 0.996. The van der Waals surface area contributed by atoms with Gasteiger partial charge in [0.2, 0.25) is 0 Å². The second-order valence-corrected chi connectivity index (χ2v) is 6.84. The normalized spacial score (nSPS) is 16.8. The Morgan fingerprint density at radius 1 is 1.12 bits per heavy atom. The highest BCUT2D eigenvalue weighted by Gasteiger charge is 2.34. The summed E-state index contributed by atoms with van der Waals surface area (Å²) in [5.74, 6) is -0.0388. The number of hydrogen-bond acceptors (Lipinski definition) is 1. The highest BCUT2D eigenvalue weighted by atomic mass is 19.4. The van der Waals surface area contributed by atoms with Crippen molar-refractivity contribution in [2.75, 3.05) is 7.05 Å². The molecule has 2 aromatic carbocycles. The first-order chi connectivity index (χ1) is 12.3. The van der Waals surface area contributed by atoms with Crippen LogP contribution in [0.5, 0.6) is 0 Å². The van der Waals surface area contributed by atoms with Crippen LogP contribution in [0.4, 0.5) is 13.2 Å². The molecule has 2 aromatic rings. The molecule has 3 nitrogen and oxygen atoms in total. The summed E-state index contributed by atoms with van der Waals surface area (Å²) in [5, 5.41) is 3.04. The summed E-state index contributed by atoms with van der Waals surface area (Å²) in [6, 6.07) is 14.5. The van der Waals surface area contributed by atoms with Gasteiger partial charge < -0.3 is 10.2 Å². The van der Waals surface area contributed by atoms with E-state index in [1.54, 1.807) is 0 Å². The number of carbonyl (C=O) groups excluding carboxylic acids is 1. The zero-order chi connectivity index (χ0) is 18.7. The zero-order valence-corrected chi connectivity index (χ0v) is 14.5. The number of benzene rings is 2. The number of quaternary nitrogens is 1. The van der Waals surface area contributed by atoms with Crippen molar-refractivity contribution in [2.45, 2.75) is 37.6 Å². The molecule has 0 spiro atoms. The molecule has 1 aliphatic rings. The molecule has 1 unspecified atom stereocenters. The number of rotatable bonds is 6. The van der Waals surface area contributed by atoms with E-state index in [0.717, 1.165) is 41.0 Å². The quantitative estimate of drug-likeness (QED) is 0.813. The molecule has 138 valence electrons. The van der Waals surface area contributed by atoms with Crippen LogP contribution in [0.3, 0.4) is 0 Å². The minimum atomic E-state index is -4.34. The van der Waals surface area contributed by atoms with Gasteiger partial charge in [-0.1, -0.05) is 42.5 Å².